The van der Waals surface area contributed by atoms with Crippen LogP contribution in [0.2, 0.25) is 0 Å². The number of methoxy groups -OCH3 is 2. The highest BCUT2D eigenvalue weighted by Crippen LogP contribution is 2.35. The lowest BCUT2D eigenvalue weighted by Gasteiger charge is -2.27. The molecule has 2 unspecified atom stereocenters. The molecule has 1 fully saturated rings. The minimum atomic E-state index is -0.605. The fraction of sp³-hybridized carbons (Fsp3) is 0.900. The van der Waals surface area contributed by atoms with Gasteiger partial charge in [0.1, 0.15) is 5.78 Å². The van der Waals surface area contributed by atoms with Crippen molar-refractivity contribution in [3.63, 3.8) is 0 Å². The molecular weight excluding hydrogens is 184 g/mol. The van der Waals surface area contributed by atoms with Crippen molar-refractivity contribution in [2.45, 2.75) is 44.7 Å². The fourth-order valence-corrected chi connectivity index (χ4v) is 1.66. The Balaban J connectivity index is 2.47. The predicted molar refractivity (Wildman–Crippen MR) is 50.8 cm³/mol. The number of carbonyl (C=O) groups is 1. The van der Waals surface area contributed by atoms with E-state index in [0.29, 0.717) is 12.8 Å². The van der Waals surface area contributed by atoms with E-state index in [-0.39, 0.29) is 12.1 Å². The van der Waals surface area contributed by atoms with Crippen molar-refractivity contribution >= 4 is 5.78 Å². The first-order chi connectivity index (χ1) is 6.62. The lowest BCUT2D eigenvalue weighted by molar-refractivity contribution is -0.258. The van der Waals surface area contributed by atoms with E-state index in [9.17, 15) is 4.79 Å². The molecule has 2 atom stereocenters. The molecule has 1 saturated heterocycles. The van der Waals surface area contributed by atoms with Crippen LogP contribution in [0.3, 0.4) is 0 Å². The highest BCUT2D eigenvalue weighted by atomic mass is 16.8. The number of carbonyl (C=O) groups excluding carboxylic acids is 1. The van der Waals surface area contributed by atoms with E-state index in [1.807, 2.05) is 0 Å². The number of hydrogen-bond acceptors (Lipinski definition) is 4. The van der Waals surface area contributed by atoms with Gasteiger partial charge in [-0.2, -0.15) is 0 Å². The van der Waals surface area contributed by atoms with Crippen LogP contribution in [0.15, 0.2) is 0 Å². The van der Waals surface area contributed by atoms with E-state index in [1.165, 1.54) is 0 Å². The van der Waals surface area contributed by atoms with Gasteiger partial charge in [-0.15, -0.1) is 0 Å². The first-order valence-corrected chi connectivity index (χ1v) is 4.87. The van der Waals surface area contributed by atoms with E-state index >= 15 is 0 Å². The van der Waals surface area contributed by atoms with Crippen LogP contribution in [0.25, 0.3) is 0 Å². The summed E-state index contributed by atoms with van der Waals surface area (Å²) in [5.41, 5.74) is 0. The van der Waals surface area contributed by atoms with Gasteiger partial charge in [-0.3, -0.25) is 0 Å². The highest BCUT2D eigenvalue weighted by molar-refractivity contribution is 5.75. The van der Waals surface area contributed by atoms with Crippen LogP contribution in [0.4, 0.5) is 0 Å². The first-order valence-electron chi connectivity index (χ1n) is 4.87. The fourth-order valence-electron chi connectivity index (χ4n) is 1.66. The Labute approximate surface area is 84.5 Å². The standard InChI is InChI=1S/C10H18O4/c1-8(11)4-6-10(13-3)7-5-9(12-2)14-10/h9H,4-7H2,1-3H3. The number of hydrogen-bond donors (Lipinski definition) is 0. The van der Waals surface area contributed by atoms with Gasteiger partial charge in [0.05, 0.1) is 0 Å². The van der Waals surface area contributed by atoms with Gasteiger partial charge in [-0.1, -0.05) is 0 Å². The Bertz CT molecular complexity index is 204. The van der Waals surface area contributed by atoms with Crippen LogP contribution in [0, 0.1) is 0 Å². The molecule has 0 radical (unpaired) electrons. The van der Waals surface area contributed by atoms with E-state index in [2.05, 4.69) is 0 Å². The van der Waals surface area contributed by atoms with Crippen LogP contribution < -0.4 is 0 Å². The van der Waals surface area contributed by atoms with Gasteiger partial charge in [0, 0.05) is 39.9 Å². The third-order valence-electron chi connectivity index (χ3n) is 2.60. The van der Waals surface area contributed by atoms with Gasteiger partial charge < -0.3 is 19.0 Å². The summed E-state index contributed by atoms with van der Waals surface area (Å²) in [6.45, 7) is 1.58. The summed E-state index contributed by atoms with van der Waals surface area (Å²) >= 11 is 0. The Hall–Kier alpha value is -0.450. The number of Topliss-reactive ketones (excluding diaryl/α,β-unsaturated/α-hetero) is 1. The third-order valence-corrected chi connectivity index (χ3v) is 2.60. The molecular formula is C10H18O4. The molecule has 0 aromatic carbocycles. The molecule has 1 aliphatic heterocycles. The second-order valence-corrected chi connectivity index (χ2v) is 3.64. The Morgan fingerprint density at radius 1 is 1.57 bits per heavy atom. The molecule has 1 aliphatic rings. The van der Waals surface area contributed by atoms with Crippen molar-refractivity contribution in [3.05, 3.63) is 0 Å². The molecule has 0 saturated carbocycles. The second-order valence-electron chi connectivity index (χ2n) is 3.64. The van der Waals surface area contributed by atoms with Crippen molar-refractivity contribution in [1.29, 1.82) is 0 Å². The molecule has 0 N–H and O–H groups in total. The molecule has 0 aromatic rings. The second kappa shape index (κ2) is 4.87. The molecule has 14 heavy (non-hydrogen) atoms. The van der Waals surface area contributed by atoms with Gasteiger partial charge in [-0.25, -0.2) is 0 Å². The molecule has 0 spiro atoms. The van der Waals surface area contributed by atoms with Crippen molar-refractivity contribution in [2.24, 2.45) is 0 Å². The molecule has 0 aromatic heterocycles. The zero-order valence-corrected chi connectivity index (χ0v) is 9.04. The SMILES string of the molecule is COC1CCC(CCC(C)=O)(OC)O1. The van der Waals surface area contributed by atoms with Crippen LogP contribution >= 0.6 is 0 Å². The number of rotatable bonds is 5. The lowest BCUT2D eigenvalue weighted by Crippen LogP contribution is -2.32. The minimum Gasteiger partial charge on any atom is -0.356 e. The average molecular weight is 202 g/mol. The third kappa shape index (κ3) is 2.77. The van der Waals surface area contributed by atoms with Gasteiger partial charge in [0.2, 0.25) is 0 Å². The van der Waals surface area contributed by atoms with Crippen molar-refractivity contribution in [2.75, 3.05) is 14.2 Å². The summed E-state index contributed by atoms with van der Waals surface area (Å²) in [5, 5.41) is 0. The normalized spacial score (nSPS) is 32.1. The first kappa shape index (κ1) is 11.6. The van der Waals surface area contributed by atoms with E-state index < -0.39 is 5.79 Å². The van der Waals surface area contributed by atoms with Crippen LogP contribution in [-0.4, -0.2) is 32.1 Å². The topological polar surface area (TPSA) is 44.8 Å². The lowest BCUT2D eigenvalue weighted by atomic mass is 10.1. The molecule has 4 heteroatoms. The van der Waals surface area contributed by atoms with Crippen LogP contribution in [0.5, 0.6) is 0 Å². The maximum atomic E-state index is 10.9. The van der Waals surface area contributed by atoms with Crippen molar-refractivity contribution in [3.8, 4) is 0 Å². The zero-order chi connectivity index (χ0) is 10.6. The molecule has 4 nitrogen and oxygen atoms in total. The Kier molecular flexibility index (Phi) is 4.04. The summed E-state index contributed by atoms with van der Waals surface area (Å²) in [7, 11) is 3.22. The van der Waals surface area contributed by atoms with Gasteiger partial charge in [0.15, 0.2) is 12.1 Å². The summed E-state index contributed by atoms with van der Waals surface area (Å²) in [6.07, 6.45) is 2.52. The highest BCUT2D eigenvalue weighted by Gasteiger charge is 2.40. The molecule has 0 aliphatic carbocycles. The maximum Gasteiger partial charge on any atom is 0.171 e. The molecule has 1 heterocycles. The Morgan fingerprint density at radius 2 is 2.29 bits per heavy atom. The Morgan fingerprint density at radius 3 is 2.71 bits per heavy atom. The predicted octanol–water partition coefficient (Wildman–Crippen LogP) is 1.48. The molecule has 0 bridgehead atoms. The zero-order valence-electron chi connectivity index (χ0n) is 9.04. The van der Waals surface area contributed by atoms with Crippen molar-refractivity contribution < 1.29 is 19.0 Å². The quantitative estimate of drug-likeness (QED) is 0.677. The molecule has 0 amide bonds. The summed E-state index contributed by atoms with van der Waals surface area (Å²) < 4.78 is 16.0. The van der Waals surface area contributed by atoms with E-state index in [0.717, 1.165) is 12.8 Å². The smallest absolute Gasteiger partial charge is 0.171 e. The molecule has 82 valence electrons. The number of ether oxygens (including phenoxy) is 3. The molecule has 1 rings (SSSR count). The maximum absolute atomic E-state index is 10.9. The van der Waals surface area contributed by atoms with Gasteiger partial charge >= 0.3 is 0 Å². The van der Waals surface area contributed by atoms with E-state index in [1.54, 1.807) is 21.1 Å². The van der Waals surface area contributed by atoms with Crippen molar-refractivity contribution in [1.82, 2.24) is 0 Å². The average Bonchev–Trinajstić information content (AvgIpc) is 2.59. The minimum absolute atomic E-state index is 0.158. The number of ketones is 1. The summed E-state index contributed by atoms with van der Waals surface area (Å²) in [5.74, 6) is -0.447. The summed E-state index contributed by atoms with van der Waals surface area (Å²) in [4.78, 5) is 10.9. The van der Waals surface area contributed by atoms with Gasteiger partial charge in [0.25, 0.3) is 0 Å². The summed E-state index contributed by atoms with van der Waals surface area (Å²) in [6, 6.07) is 0. The van der Waals surface area contributed by atoms with Gasteiger partial charge in [-0.05, 0) is 6.92 Å². The van der Waals surface area contributed by atoms with E-state index in [4.69, 9.17) is 14.2 Å². The largest absolute Gasteiger partial charge is 0.356 e. The monoisotopic (exact) mass is 202 g/mol. The van der Waals surface area contributed by atoms with Crippen LogP contribution in [0.1, 0.15) is 32.6 Å². The van der Waals surface area contributed by atoms with Crippen LogP contribution in [-0.2, 0) is 19.0 Å².